The number of nitrogens with zero attached hydrogens (tertiary/aromatic N) is 5. The van der Waals surface area contributed by atoms with Gasteiger partial charge in [-0.05, 0) is 24.3 Å². The van der Waals surface area contributed by atoms with Crippen LogP contribution in [0.4, 0.5) is 5.95 Å². The lowest BCUT2D eigenvalue weighted by molar-refractivity contribution is 0.246. The number of rotatable bonds is 3. The second-order valence-electron chi connectivity index (χ2n) is 6.69. The maximum absolute atomic E-state index is 6.05. The number of imidazole rings is 2. The fourth-order valence-corrected chi connectivity index (χ4v) is 3.70. The Morgan fingerprint density at radius 3 is 2.65 bits per heavy atom. The van der Waals surface area contributed by atoms with Gasteiger partial charge in [-0.2, -0.15) is 0 Å². The lowest BCUT2D eigenvalue weighted by Crippen LogP contribution is -2.46. The van der Waals surface area contributed by atoms with Gasteiger partial charge in [0.2, 0.25) is 5.95 Å². The zero-order valence-electron chi connectivity index (χ0n) is 14.3. The van der Waals surface area contributed by atoms with E-state index in [1.165, 1.54) is 0 Å². The molecular weight excluding hydrogens is 348 g/mol. The summed E-state index contributed by atoms with van der Waals surface area (Å²) in [6, 6.07) is 12.0. The molecule has 0 unspecified atom stereocenters. The molecule has 0 amide bonds. The molecule has 1 aliphatic rings. The van der Waals surface area contributed by atoms with E-state index in [4.69, 9.17) is 16.6 Å². The summed E-state index contributed by atoms with van der Waals surface area (Å²) >= 11 is 6.05. The number of pyridine rings is 1. The highest BCUT2D eigenvalue weighted by Gasteiger charge is 2.20. The third kappa shape index (κ3) is 2.91. The van der Waals surface area contributed by atoms with Gasteiger partial charge < -0.3 is 14.3 Å². The monoisotopic (exact) mass is 366 g/mol. The first-order valence-corrected chi connectivity index (χ1v) is 9.18. The largest absolute Gasteiger partial charge is 0.340 e. The number of anilines is 1. The van der Waals surface area contributed by atoms with Crippen molar-refractivity contribution in [2.45, 2.75) is 6.54 Å². The molecule has 3 aromatic heterocycles. The third-order valence-electron chi connectivity index (χ3n) is 4.90. The molecule has 4 aromatic rings. The van der Waals surface area contributed by atoms with Crippen molar-refractivity contribution in [1.82, 2.24) is 24.3 Å². The van der Waals surface area contributed by atoms with Gasteiger partial charge in [0.05, 0.1) is 21.7 Å². The Balaban J connectivity index is 1.26. The minimum absolute atomic E-state index is 0.723. The highest BCUT2D eigenvalue weighted by Crippen LogP contribution is 2.19. The number of piperazine rings is 1. The van der Waals surface area contributed by atoms with Gasteiger partial charge in [0.1, 0.15) is 5.65 Å². The summed E-state index contributed by atoms with van der Waals surface area (Å²) in [5.74, 6) is 0.966. The van der Waals surface area contributed by atoms with E-state index in [0.29, 0.717) is 0 Å². The standard InChI is InChI=1S/C19H19ClN6/c20-14-5-6-18-21-15(13-26(18)11-14)12-24-7-9-25(10-8-24)19-22-16-3-1-2-4-17(16)23-19/h1-6,11,13H,7-10,12H2,(H,22,23). The summed E-state index contributed by atoms with van der Waals surface area (Å²) in [6.07, 6.45) is 3.96. The van der Waals surface area contributed by atoms with Crippen LogP contribution in [-0.2, 0) is 6.54 Å². The summed E-state index contributed by atoms with van der Waals surface area (Å²) in [6.45, 7) is 4.75. The van der Waals surface area contributed by atoms with Crippen LogP contribution in [0.2, 0.25) is 5.02 Å². The van der Waals surface area contributed by atoms with E-state index in [-0.39, 0.29) is 0 Å². The van der Waals surface area contributed by atoms with Gasteiger partial charge in [-0.15, -0.1) is 0 Å². The van der Waals surface area contributed by atoms with E-state index in [1.54, 1.807) is 0 Å². The molecule has 0 atom stereocenters. The lowest BCUT2D eigenvalue weighted by Gasteiger charge is -2.34. The predicted octanol–water partition coefficient (Wildman–Crippen LogP) is 3.19. The summed E-state index contributed by atoms with van der Waals surface area (Å²) in [5, 5.41) is 0.723. The van der Waals surface area contributed by atoms with E-state index in [1.807, 2.05) is 40.9 Å². The Hall–Kier alpha value is -2.57. The van der Waals surface area contributed by atoms with Crippen LogP contribution in [0.5, 0.6) is 0 Å². The molecule has 6 nitrogen and oxygen atoms in total. The topological polar surface area (TPSA) is 52.5 Å². The number of aromatic nitrogens is 4. The number of H-pyrrole nitrogens is 1. The van der Waals surface area contributed by atoms with Crippen molar-refractivity contribution in [3.63, 3.8) is 0 Å². The van der Waals surface area contributed by atoms with Crippen LogP contribution in [0.25, 0.3) is 16.7 Å². The fraction of sp³-hybridized carbons (Fsp3) is 0.263. The summed E-state index contributed by atoms with van der Waals surface area (Å²) < 4.78 is 1.99. The smallest absolute Gasteiger partial charge is 0.203 e. The molecule has 1 saturated heterocycles. The highest BCUT2D eigenvalue weighted by atomic mass is 35.5. The summed E-state index contributed by atoms with van der Waals surface area (Å²) in [4.78, 5) is 17.6. The van der Waals surface area contributed by atoms with E-state index >= 15 is 0 Å². The van der Waals surface area contributed by atoms with Gasteiger partial charge in [0.15, 0.2) is 0 Å². The average molecular weight is 367 g/mol. The minimum atomic E-state index is 0.723. The second kappa shape index (κ2) is 6.30. The number of fused-ring (bicyclic) bond motifs is 2. The van der Waals surface area contributed by atoms with Crippen LogP contribution in [0.3, 0.4) is 0 Å². The van der Waals surface area contributed by atoms with Crippen molar-refractivity contribution < 1.29 is 0 Å². The molecule has 5 rings (SSSR count). The molecule has 0 saturated carbocycles. The van der Waals surface area contributed by atoms with Gasteiger partial charge in [0.25, 0.3) is 0 Å². The van der Waals surface area contributed by atoms with Crippen molar-refractivity contribution in [3.05, 3.63) is 59.5 Å². The van der Waals surface area contributed by atoms with E-state index < -0.39 is 0 Å². The SMILES string of the molecule is Clc1ccc2nc(CN3CCN(c4nc5ccccc5[nH]4)CC3)cn2c1. The highest BCUT2D eigenvalue weighted by molar-refractivity contribution is 6.30. The molecule has 132 valence electrons. The average Bonchev–Trinajstić information content (AvgIpc) is 3.25. The number of aromatic amines is 1. The third-order valence-corrected chi connectivity index (χ3v) is 5.12. The van der Waals surface area contributed by atoms with Crippen LogP contribution in [0.15, 0.2) is 48.8 Å². The molecule has 1 aliphatic heterocycles. The first-order valence-electron chi connectivity index (χ1n) is 8.80. The first kappa shape index (κ1) is 15.7. The van der Waals surface area contributed by atoms with Crippen molar-refractivity contribution in [1.29, 1.82) is 0 Å². The fourth-order valence-electron chi connectivity index (χ4n) is 3.53. The van der Waals surface area contributed by atoms with Crippen molar-refractivity contribution in [2.75, 3.05) is 31.1 Å². The normalized spacial score (nSPS) is 16.0. The zero-order valence-corrected chi connectivity index (χ0v) is 15.0. The lowest BCUT2D eigenvalue weighted by atomic mass is 10.3. The number of benzene rings is 1. The van der Waals surface area contributed by atoms with Crippen LogP contribution in [0, 0.1) is 0 Å². The van der Waals surface area contributed by atoms with E-state index in [2.05, 4.69) is 32.0 Å². The predicted molar refractivity (Wildman–Crippen MR) is 104 cm³/mol. The quantitative estimate of drug-likeness (QED) is 0.605. The van der Waals surface area contributed by atoms with E-state index in [9.17, 15) is 0 Å². The second-order valence-corrected chi connectivity index (χ2v) is 7.12. The van der Waals surface area contributed by atoms with Crippen LogP contribution in [0.1, 0.15) is 5.69 Å². The number of halogens is 1. The number of nitrogens with one attached hydrogen (secondary N) is 1. The van der Waals surface area contributed by atoms with Crippen LogP contribution >= 0.6 is 11.6 Å². The Morgan fingerprint density at radius 2 is 1.81 bits per heavy atom. The Morgan fingerprint density at radius 1 is 0.962 bits per heavy atom. The maximum Gasteiger partial charge on any atom is 0.203 e. The van der Waals surface area contributed by atoms with Gasteiger partial charge in [-0.3, -0.25) is 4.90 Å². The Labute approximate surface area is 156 Å². The Bertz CT molecular complexity index is 1030. The minimum Gasteiger partial charge on any atom is -0.340 e. The van der Waals surface area contributed by atoms with Crippen LogP contribution < -0.4 is 4.90 Å². The molecule has 0 bridgehead atoms. The molecule has 1 N–H and O–H groups in total. The van der Waals surface area contributed by atoms with E-state index in [0.717, 1.165) is 66.1 Å². The molecule has 26 heavy (non-hydrogen) atoms. The molecule has 1 fully saturated rings. The summed E-state index contributed by atoms with van der Waals surface area (Å²) in [7, 11) is 0. The summed E-state index contributed by atoms with van der Waals surface area (Å²) in [5.41, 5.74) is 4.12. The van der Waals surface area contributed by atoms with Crippen molar-refractivity contribution in [3.8, 4) is 0 Å². The molecule has 0 radical (unpaired) electrons. The van der Waals surface area contributed by atoms with Gasteiger partial charge >= 0.3 is 0 Å². The number of hydrogen-bond acceptors (Lipinski definition) is 4. The maximum atomic E-state index is 6.05. The molecule has 1 aromatic carbocycles. The van der Waals surface area contributed by atoms with Crippen molar-refractivity contribution in [2.24, 2.45) is 0 Å². The number of para-hydroxylation sites is 2. The van der Waals surface area contributed by atoms with Crippen LogP contribution in [-0.4, -0.2) is 50.4 Å². The Kier molecular flexibility index (Phi) is 3.80. The zero-order chi connectivity index (χ0) is 17.5. The molecule has 0 spiro atoms. The first-order chi connectivity index (χ1) is 12.7. The number of hydrogen-bond donors (Lipinski definition) is 1. The molecular formula is C19H19ClN6. The van der Waals surface area contributed by atoms with Gasteiger partial charge in [-0.25, -0.2) is 9.97 Å². The van der Waals surface area contributed by atoms with Gasteiger partial charge in [0, 0.05) is 45.1 Å². The van der Waals surface area contributed by atoms with Gasteiger partial charge in [-0.1, -0.05) is 23.7 Å². The molecule has 4 heterocycles. The van der Waals surface area contributed by atoms with Crippen molar-refractivity contribution >= 4 is 34.2 Å². The molecule has 0 aliphatic carbocycles. The molecule has 7 heteroatoms.